The summed E-state index contributed by atoms with van der Waals surface area (Å²) in [7, 11) is 1.08. The van der Waals surface area contributed by atoms with E-state index in [1.807, 2.05) is 0 Å². The second-order valence-electron chi connectivity index (χ2n) is 2.70. The van der Waals surface area contributed by atoms with E-state index in [9.17, 15) is 4.79 Å². The van der Waals surface area contributed by atoms with E-state index in [4.69, 9.17) is 5.11 Å². The molecule has 0 fully saturated rings. The smallest absolute Gasteiger partial charge is 0.303 e. The van der Waals surface area contributed by atoms with Crippen molar-refractivity contribution in [2.45, 2.75) is 39.0 Å². The molecule has 0 aliphatic carbocycles. The van der Waals surface area contributed by atoms with Crippen LogP contribution in [0.15, 0.2) is 0 Å². The van der Waals surface area contributed by atoms with Crippen molar-refractivity contribution in [3.05, 3.63) is 0 Å². The molecule has 0 aromatic heterocycles. The van der Waals surface area contributed by atoms with Gasteiger partial charge in [0.2, 0.25) is 0 Å². The van der Waals surface area contributed by atoms with E-state index in [1.54, 1.807) is 0 Å². The molecule has 0 aromatic rings. The van der Waals surface area contributed by atoms with Crippen molar-refractivity contribution in [2.24, 2.45) is 0 Å². The molecular weight excluding hydrogens is 171 g/mol. The van der Waals surface area contributed by atoms with E-state index in [-0.39, 0.29) is 0 Å². The lowest BCUT2D eigenvalue weighted by Crippen LogP contribution is -1.92. The van der Waals surface area contributed by atoms with E-state index in [1.165, 1.54) is 6.42 Å². The maximum absolute atomic E-state index is 9.96. The van der Waals surface area contributed by atoms with Crippen LogP contribution in [0, 0.1) is 0 Å². The first kappa shape index (κ1) is 14.4. The van der Waals surface area contributed by atoms with Crippen LogP contribution in [0.2, 0.25) is 0 Å². The van der Waals surface area contributed by atoms with E-state index >= 15 is 0 Å². The number of rotatable bonds is 5. The molecule has 3 heteroatoms. The lowest BCUT2D eigenvalue weighted by molar-refractivity contribution is -0.137. The van der Waals surface area contributed by atoms with Crippen LogP contribution in [-0.2, 0) is 4.79 Å². The SMILES string of the molecule is CCCCCCC(=O)O.CPC. The van der Waals surface area contributed by atoms with Gasteiger partial charge in [-0.05, 0) is 19.8 Å². The van der Waals surface area contributed by atoms with Crippen molar-refractivity contribution in [1.29, 1.82) is 0 Å². The Kier molecular flexibility index (Phi) is 16.2. The molecule has 0 heterocycles. The Balaban J connectivity index is 0. The molecule has 0 spiro atoms. The number of carbonyl (C=O) groups is 1. The van der Waals surface area contributed by atoms with Gasteiger partial charge in [0.1, 0.15) is 0 Å². The molecule has 0 bridgehead atoms. The summed E-state index contributed by atoms with van der Waals surface area (Å²) in [5, 5.41) is 8.21. The Morgan fingerprint density at radius 3 is 2.08 bits per heavy atom. The molecule has 74 valence electrons. The Morgan fingerprint density at radius 2 is 1.75 bits per heavy atom. The molecule has 0 radical (unpaired) electrons. The van der Waals surface area contributed by atoms with Crippen LogP contribution in [0.5, 0.6) is 0 Å². The maximum Gasteiger partial charge on any atom is 0.303 e. The molecule has 2 nitrogen and oxygen atoms in total. The molecule has 0 unspecified atom stereocenters. The van der Waals surface area contributed by atoms with Gasteiger partial charge in [-0.2, -0.15) is 0 Å². The average Bonchev–Trinajstić information content (AvgIpc) is 1.99. The third-order valence-corrected chi connectivity index (χ3v) is 1.24. The Hall–Kier alpha value is -0.100. The largest absolute Gasteiger partial charge is 0.481 e. The van der Waals surface area contributed by atoms with Gasteiger partial charge in [-0.1, -0.05) is 26.2 Å². The number of aliphatic carboxylic acids is 1. The fourth-order valence-electron chi connectivity index (χ4n) is 0.703. The Morgan fingerprint density at radius 1 is 1.25 bits per heavy atom. The highest BCUT2D eigenvalue weighted by atomic mass is 31.1. The van der Waals surface area contributed by atoms with Crippen LogP contribution in [0.3, 0.4) is 0 Å². The Labute approximate surface area is 77.5 Å². The van der Waals surface area contributed by atoms with Crippen molar-refractivity contribution in [1.82, 2.24) is 0 Å². The third kappa shape index (κ3) is 22.5. The van der Waals surface area contributed by atoms with E-state index in [0.29, 0.717) is 6.42 Å². The summed E-state index contributed by atoms with van der Waals surface area (Å²) < 4.78 is 0. The number of hydrogen-bond acceptors (Lipinski definition) is 1. The summed E-state index contributed by atoms with van der Waals surface area (Å²) in [4.78, 5) is 9.96. The highest BCUT2D eigenvalue weighted by molar-refractivity contribution is 7.35. The number of unbranched alkanes of at least 4 members (excludes halogenated alkanes) is 3. The van der Waals surface area contributed by atoms with Crippen LogP contribution in [0.1, 0.15) is 39.0 Å². The van der Waals surface area contributed by atoms with Gasteiger partial charge < -0.3 is 5.11 Å². The van der Waals surface area contributed by atoms with Crippen molar-refractivity contribution in [2.75, 3.05) is 13.3 Å². The molecular formula is C9H21O2P. The predicted octanol–water partition coefficient (Wildman–Crippen LogP) is 2.97. The number of carboxylic acids is 1. The zero-order chi connectivity index (χ0) is 9.82. The normalized spacial score (nSPS) is 8.58. The van der Waals surface area contributed by atoms with Gasteiger partial charge in [0.25, 0.3) is 0 Å². The monoisotopic (exact) mass is 192 g/mol. The molecule has 0 saturated heterocycles. The van der Waals surface area contributed by atoms with Crippen LogP contribution in [-0.4, -0.2) is 24.4 Å². The summed E-state index contributed by atoms with van der Waals surface area (Å²) in [6.45, 7) is 6.42. The van der Waals surface area contributed by atoms with Gasteiger partial charge in [-0.3, -0.25) is 4.79 Å². The van der Waals surface area contributed by atoms with Crippen LogP contribution in [0.4, 0.5) is 0 Å². The summed E-state index contributed by atoms with van der Waals surface area (Å²) in [6.07, 6.45) is 4.55. The van der Waals surface area contributed by atoms with Crippen LogP contribution >= 0.6 is 8.58 Å². The highest BCUT2D eigenvalue weighted by Gasteiger charge is 1.93. The number of carboxylic acid groups (broad SMARTS) is 1. The highest BCUT2D eigenvalue weighted by Crippen LogP contribution is 2.01. The molecule has 12 heavy (non-hydrogen) atoms. The zero-order valence-electron chi connectivity index (χ0n) is 8.39. The summed E-state index contributed by atoms with van der Waals surface area (Å²) in [6, 6.07) is 0. The quantitative estimate of drug-likeness (QED) is 0.537. The minimum Gasteiger partial charge on any atom is -0.481 e. The van der Waals surface area contributed by atoms with Gasteiger partial charge in [0, 0.05) is 6.42 Å². The van der Waals surface area contributed by atoms with E-state index in [2.05, 4.69) is 20.3 Å². The van der Waals surface area contributed by atoms with E-state index in [0.717, 1.165) is 27.8 Å². The Bertz CT molecular complexity index is 94.5. The molecule has 1 N–H and O–H groups in total. The minimum atomic E-state index is -0.675. The van der Waals surface area contributed by atoms with Crippen molar-refractivity contribution in [3.63, 3.8) is 0 Å². The molecule has 0 saturated carbocycles. The first-order valence-corrected chi connectivity index (χ1v) is 6.49. The lowest BCUT2D eigenvalue weighted by Gasteiger charge is -1.92. The van der Waals surface area contributed by atoms with Gasteiger partial charge in [-0.15, -0.1) is 8.58 Å². The minimum absolute atomic E-state index is 0.333. The first-order valence-electron chi connectivity index (χ1n) is 4.49. The zero-order valence-corrected chi connectivity index (χ0v) is 9.39. The van der Waals surface area contributed by atoms with Crippen molar-refractivity contribution >= 4 is 14.6 Å². The van der Waals surface area contributed by atoms with Gasteiger partial charge in [-0.25, -0.2) is 0 Å². The predicted molar refractivity (Wildman–Crippen MR) is 56.6 cm³/mol. The maximum atomic E-state index is 9.96. The second-order valence-corrected chi connectivity index (χ2v) is 3.70. The van der Waals surface area contributed by atoms with Crippen LogP contribution in [0.25, 0.3) is 0 Å². The summed E-state index contributed by atoms with van der Waals surface area (Å²) in [5.41, 5.74) is 0. The molecule has 0 amide bonds. The lowest BCUT2D eigenvalue weighted by atomic mass is 10.2. The summed E-state index contributed by atoms with van der Waals surface area (Å²) in [5.74, 6) is -0.675. The topological polar surface area (TPSA) is 37.3 Å². The third-order valence-electron chi connectivity index (χ3n) is 1.24. The second kappa shape index (κ2) is 13.5. The fourth-order valence-corrected chi connectivity index (χ4v) is 0.703. The van der Waals surface area contributed by atoms with Gasteiger partial charge >= 0.3 is 5.97 Å². The molecule has 0 aliphatic rings. The van der Waals surface area contributed by atoms with Crippen LogP contribution < -0.4 is 0 Å². The van der Waals surface area contributed by atoms with Crippen molar-refractivity contribution < 1.29 is 9.90 Å². The average molecular weight is 192 g/mol. The molecule has 0 aliphatic heterocycles. The van der Waals surface area contributed by atoms with E-state index < -0.39 is 5.97 Å². The van der Waals surface area contributed by atoms with Gasteiger partial charge in [0.15, 0.2) is 0 Å². The first-order chi connectivity index (χ1) is 5.68. The number of hydrogen-bond donors (Lipinski definition) is 1. The van der Waals surface area contributed by atoms with Crippen molar-refractivity contribution in [3.8, 4) is 0 Å². The summed E-state index contributed by atoms with van der Waals surface area (Å²) >= 11 is 0. The standard InChI is InChI=1S/C7H14O2.C2H7P/c1-2-3-4-5-6-7(8)9;1-3-2/h2-6H2,1H3,(H,8,9);3H,1-2H3. The molecule has 0 aromatic carbocycles. The van der Waals surface area contributed by atoms with Gasteiger partial charge in [0.05, 0.1) is 0 Å². The molecule has 0 atom stereocenters. The fraction of sp³-hybridized carbons (Fsp3) is 0.889. The molecule has 0 rings (SSSR count).